The Morgan fingerprint density at radius 2 is 1.86 bits per heavy atom. The molecule has 152 valence electrons. The minimum atomic E-state index is -0.320. The molecule has 2 aliphatic heterocycles. The highest BCUT2D eigenvalue weighted by Gasteiger charge is 2.41. The molecule has 2 aliphatic rings. The Balaban J connectivity index is 1.55. The number of carbonyl (C=O) groups is 2. The lowest BCUT2D eigenvalue weighted by Gasteiger charge is -2.29. The molecule has 0 radical (unpaired) electrons. The lowest BCUT2D eigenvalue weighted by molar-refractivity contribution is -0.136. The number of likely N-dealkylation sites (tertiary alicyclic amines) is 1. The third-order valence-electron chi connectivity index (χ3n) is 5.87. The standard InChI is InChI=1S/C23H26N2O4/c1-28-18-10-11-21(29-2)19(14-18)20-9-6-12-24(20)23(27)16-13-22(26)25(15-16)17-7-4-3-5-8-17/h3-5,7-8,10-11,14,16,20H,6,9,12-13,15H2,1-2H3/t16-,20+/m0/s1. The van der Waals surface area contributed by atoms with Crippen molar-refractivity contribution in [3.8, 4) is 11.5 Å². The zero-order valence-corrected chi connectivity index (χ0v) is 16.8. The lowest BCUT2D eigenvalue weighted by atomic mass is 10.0. The molecule has 2 aromatic carbocycles. The van der Waals surface area contributed by atoms with E-state index < -0.39 is 0 Å². The molecular formula is C23H26N2O4. The van der Waals surface area contributed by atoms with E-state index in [0.717, 1.165) is 35.6 Å². The number of rotatable bonds is 5. The molecule has 0 spiro atoms. The van der Waals surface area contributed by atoms with Gasteiger partial charge in [0.1, 0.15) is 11.5 Å². The zero-order valence-electron chi connectivity index (χ0n) is 16.8. The SMILES string of the molecule is COc1ccc(OC)c([C@H]2CCCN2C(=O)[C@H]2CC(=O)N(c3ccccc3)C2)c1. The van der Waals surface area contributed by atoms with Crippen LogP contribution >= 0.6 is 0 Å². The van der Waals surface area contributed by atoms with Crippen LogP contribution in [0.3, 0.4) is 0 Å². The summed E-state index contributed by atoms with van der Waals surface area (Å²) in [6.45, 7) is 1.13. The highest BCUT2D eigenvalue weighted by atomic mass is 16.5. The van der Waals surface area contributed by atoms with Crippen molar-refractivity contribution in [1.29, 1.82) is 0 Å². The molecule has 6 heteroatoms. The van der Waals surface area contributed by atoms with Gasteiger partial charge in [-0.2, -0.15) is 0 Å². The summed E-state index contributed by atoms with van der Waals surface area (Å²) in [4.78, 5) is 29.6. The van der Waals surface area contributed by atoms with E-state index in [-0.39, 0.29) is 30.2 Å². The Kier molecular flexibility index (Phi) is 5.43. The first-order valence-corrected chi connectivity index (χ1v) is 10.00. The molecule has 2 saturated heterocycles. The van der Waals surface area contributed by atoms with E-state index >= 15 is 0 Å². The van der Waals surface area contributed by atoms with Crippen LogP contribution in [-0.2, 0) is 9.59 Å². The van der Waals surface area contributed by atoms with E-state index in [9.17, 15) is 9.59 Å². The zero-order chi connectivity index (χ0) is 20.4. The molecule has 0 unspecified atom stereocenters. The summed E-state index contributed by atoms with van der Waals surface area (Å²) >= 11 is 0. The van der Waals surface area contributed by atoms with Gasteiger partial charge in [-0.3, -0.25) is 9.59 Å². The van der Waals surface area contributed by atoms with Gasteiger partial charge in [0.2, 0.25) is 11.8 Å². The summed E-state index contributed by atoms with van der Waals surface area (Å²) in [7, 11) is 3.27. The second-order valence-electron chi connectivity index (χ2n) is 7.54. The quantitative estimate of drug-likeness (QED) is 0.780. The molecule has 0 aliphatic carbocycles. The number of hydrogen-bond donors (Lipinski definition) is 0. The van der Waals surface area contributed by atoms with Crippen LogP contribution in [0.1, 0.15) is 30.9 Å². The van der Waals surface area contributed by atoms with Gasteiger partial charge in [0, 0.05) is 30.8 Å². The summed E-state index contributed by atoms with van der Waals surface area (Å²) in [5, 5.41) is 0. The van der Waals surface area contributed by atoms with Crippen molar-refractivity contribution < 1.29 is 19.1 Å². The fourth-order valence-corrected chi connectivity index (χ4v) is 4.42. The molecule has 0 N–H and O–H groups in total. The normalized spacial score (nSPS) is 21.5. The molecule has 29 heavy (non-hydrogen) atoms. The second-order valence-corrected chi connectivity index (χ2v) is 7.54. The second kappa shape index (κ2) is 8.15. The summed E-state index contributed by atoms with van der Waals surface area (Å²) < 4.78 is 10.9. The van der Waals surface area contributed by atoms with E-state index in [1.807, 2.05) is 53.4 Å². The molecule has 6 nitrogen and oxygen atoms in total. The van der Waals surface area contributed by atoms with Gasteiger partial charge < -0.3 is 19.3 Å². The Morgan fingerprint density at radius 1 is 1.07 bits per heavy atom. The average Bonchev–Trinajstić information content (AvgIpc) is 3.40. The van der Waals surface area contributed by atoms with Crippen molar-refractivity contribution in [2.75, 3.05) is 32.2 Å². The molecule has 2 heterocycles. The number of nitrogens with zero attached hydrogens (tertiary/aromatic N) is 2. The minimum absolute atomic E-state index is 0.00394. The van der Waals surface area contributed by atoms with Crippen molar-refractivity contribution in [2.45, 2.75) is 25.3 Å². The van der Waals surface area contributed by atoms with Gasteiger partial charge in [0.15, 0.2) is 0 Å². The smallest absolute Gasteiger partial charge is 0.228 e. The first kappa shape index (κ1) is 19.3. The van der Waals surface area contributed by atoms with Crippen molar-refractivity contribution in [1.82, 2.24) is 4.90 Å². The Morgan fingerprint density at radius 3 is 2.59 bits per heavy atom. The number of ether oxygens (including phenoxy) is 2. The topological polar surface area (TPSA) is 59.1 Å². The van der Waals surface area contributed by atoms with E-state index in [2.05, 4.69) is 0 Å². The molecule has 2 fully saturated rings. The number of amides is 2. The maximum Gasteiger partial charge on any atom is 0.228 e. The van der Waals surface area contributed by atoms with Crippen LogP contribution in [-0.4, -0.2) is 44.0 Å². The van der Waals surface area contributed by atoms with Gasteiger partial charge in [0.25, 0.3) is 0 Å². The number of para-hydroxylation sites is 1. The van der Waals surface area contributed by atoms with Crippen LogP contribution in [0.2, 0.25) is 0 Å². The van der Waals surface area contributed by atoms with Crippen LogP contribution < -0.4 is 14.4 Å². The van der Waals surface area contributed by atoms with Gasteiger partial charge in [-0.15, -0.1) is 0 Å². The van der Waals surface area contributed by atoms with E-state index in [1.54, 1.807) is 19.1 Å². The molecule has 0 saturated carbocycles. The van der Waals surface area contributed by atoms with Crippen molar-refractivity contribution in [3.05, 3.63) is 54.1 Å². The number of carbonyl (C=O) groups excluding carboxylic acids is 2. The summed E-state index contributed by atoms with van der Waals surface area (Å²) in [6.07, 6.45) is 2.06. The molecule has 2 aromatic rings. The van der Waals surface area contributed by atoms with Gasteiger partial charge in [-0.1, -0.05) is 18.2 Å². The fraction of sp³-hybridized carbons (Fsp3) is 0.391. The van der Waals surface area contributed by atoms with Crippen molar-refractivity contribution >= 4 is 17.5 Å². The Labute approximate surface area is 171 Å². The Hall–Kier alpha value is -3.02. The summed E-state index contributed by atoms with van der Waals surface area (Å²) in [6, 6.07) is 15.2. The molecular weight excluding hydrogens is 368 g/mol. The molecule has 0 aromatic heterocycles. The van der Waals surface area contributed by atoms with E-state index in [0.29, 0.717) is 13.1 Å². The van der Waals surface area contributed by atoms with E-state index in [1.165, 1.54) is 0 Å². The first-order valence-electron chi connectivity index (χ1n) is 10.00. The number of anilines is 1. The highest BCUT2D eigenvalue weighted by Crippen LogP contribution is 2.40. The van der Waals surface area contributed by atoms with Gasteiger partial charge >= 0.3 is 0 Å². The maximum atomic E-state index is 13.4. The third kappa shape index (κ3) is 3.67. The number of methoxy groups -OCH3 is 2. The predicted octanol–water partition coefficient (Wildman–Crippen LogP) is 3.42. The van der Waals surface area contributed by atoms with Crippen LogP contribution in [0, 0.1) is 5.92 Å². The van der Waals surface area contributed by atoms with Gasteiger partial charge in [-0.05, 0) is 43.2 Å². The highest BCUT2D eigenvalue weighted by molar-refractivity contribution is 6.00. The maximum absolute atomic E-state index is 13.4. The molecule has 4 rings (SSSR count). The molecule has 0 bridgehead atoms. The van der Waals surface area contributed by atoms with Crippen molar-refractivity contribution in [2.24, 2.45) is 5.92 Å². The van der Waals surface area contributed by atoms with Crippen LogP contribution in [0.5, 0.6) is 11.5 Å². The van der Waals surface area contributed by atoms with Gasteiger partial charge in [0.05, 0.1) is 26.2 Å². The average molecular weight is 394 g/mol. The van der Waals surface area contributed by atoms with E-state index in [4.69, 9.17) is 9.47 Å². The monoisotopic (exact) mass is 394 g/mol. The van der Waals surface area contributed by atoms with Crippen LogP contribution in [0.15, 0.2) is 48.5 Å². The summed E-state index contributed by atoms with van der Waals surface area (Å²) in [5.74, 6) is 1.23. The van der Waals surface area contributed by atoms with Gasteiger partial charge in [-0.25, -0.2) is 0 Å². The number of benzene rings is 2. The van der Waals surface area contributed by atoms with Crippen LogP contribution in [0.4, 0.5) is 5.69 Å². The Bertz CT molecular complexity index is 899. The minimum Gasteiger partial charge on any atom is -0.497 e. The molecule has 2 amide bonds. The third-order valence-corrected chi connectivity index (χ3v) is 5.87. The molecule has 2 atom stereocenters. The lowest BCUT2D eigenvalue weighted by Crippen LogP contribution is -2.37. The van der Waals surface area contributed by atoms with Crippen LogP contribution in [0.25, 0.3) is 0 Å². The largest absolute Gasteiger partial charge is 0.497 e. The fourth-order valence-electron chi connectivity index (χ4n) is 4.42. The predicted molar refractivity (Wildman–Crippen MR) is 110 cm³/mol. The summed E-state index contributed by atoms with van der Waals surface area (Å²) in [5.41, 5.74) is 1.81. The van der Waals surface area contributed by atoms with Crippen molar-refractivity contribution in [3.63, 3.8) is 0 Å². The first-order chi connectivity index (χ1) is 14.1. The number of hydrogen-bond acceptors (Lipinski definition) is 4.